The molecule has 3 aromatic rings. The third kappa shape index (κ3) is 2.76. The first-order valence-corrected chi connectivity index (χ1v) is 7.53. The quantitative estimate of drug-likeness (QED) is 0.407. The Labute approximate surface area is 135 Å². The van der Waals surface area contributed by atoms with Gasteiger partial charge in [-0.3, -0.25) is 10.8 Å². The van der Waals surface area contributed by atoms with E-state index in [-0.39, 0.29) is 11.9 Å². The number of rotatable bonds is 3. The zero-order valence-corrected chi connectivity index (χ0v) is 13.2. The lowest BCUT2D eigenvalue weighted by Crippen LogP contribution is -2.29. The second-order valence-corrected chi connectivity index (χ2v) is 5.85. The highest BCUT2D eigenvalue weighted by Gasteiger charge is 2.18. The molecule has 0 amide bonds. The molecular weight excluding hydrogens is 380 g/mol. The molecule has 0 spiro atoms. The van der Waals surface area contributed by atoms with Crippen LogP contribution in [-0.4, -0.2) is 4.98 Å². The Morgan fingerprint density at radius 2 is 1.95 bits per heavy atom. The van der Waals surface area contributed by atoms with Crippen LogP contribution in [0.3, 0.4) is 0 Å². The first-order chi connectivity index (χ1) is 10.2. The summed E-state index contributed by atoms with van der Waals surface area (Å²) < 4.78 is 14.1. The van der Waals surface area contributed by atoms with E-state index in [0.717, 1.165) is 25.6 Å². The molecule has 1 atom stereocenters. The van der Waals surface area contributed by atoms with Crippen molar-refractivity contribution in [2.45, 2.75) is 6.04 Å². The number of hydrogen-bond acceptors (Lipinski definition) is 3. The summed E-state index contributed by atoms with van der Waals surface area (Å²) in [4.78, 5) is 4.36. The third-order valence-corrected chi connectivity index (χ3v) is 4.36. The number of hydrogen-bond donors (Lipinski definition) is 2. The van der Waals surface area contributed by atoms with Gasteiger partial charge in [0.25, 0.3) is 0 Å². The van der Waals surface area contributed by atoms with Gasteiger partial charge in [-0.1, -0.05) is 24.3 Å². The van der Waals surface area contributed by atoms with Crippen molar-refractivity contribution in [3.8, 4) is 0 Å². The maximum atomic E-state index is 13.3. The Balaban J connectivity index is 2.18. The fourth-order valence-corrected chi connectivity index (χ4v) is 3.25. The Morgan fingerprint density at radius 3 is 2.71 bits per heavy atom. The summed E-state index contributed by atoms with van der Waals surface area (Å²) in [5.74, 6) is 5.52. The van der Waals surface area contributed by atoms with Crippen LogP contribution in [0.5, 0.6) is 0 Å². The van der Waals surface area contributed by atoms with Crippen molar-refractivity contribution < 1.29 is 4.39 Å². The van der Waals surface area contributed by atoms with Crippen molar-refractivity contribution in [2.75, 3.05) is 0 Å². The van der Waals surface area contributed by atoms with Crippen LogP contribution in [0.1, 0.15) is 17.2 Å². The van der Waals surface area contributed by atoms with Crippen LogP contribution in [0.4, 0.5) is 4.39 Å². The topological polar surface area (TPSA) is 50.9 Å². The molecule has 0 fully saturated rings. The molecule has 0 aliphatic heterocycles. The molecule has 3 rings (SSSR count). The molecule has 2 aromatic carbocycles. The number of nitrogens with zero attached hydrogens (tertiary/aromatic N) is 1. The summed E-state index contributed by atoms with van der Waals surface area (Å²) in [7, 11) is 0. The molecular formula is C16H13FIN3. The van der Waals surface area contributed by atoms with Gasteiger partial charge in [-0.15, -0.1) is 0 Å². The average molecular weight is 393 g/mol. The standard InChI is InChI=1S/C16H13FIN3/c17-10-6-7-13(14(18)9-10)16(21-19)12-3-1-5-15-11(12)4-2-8-20-15/h1-9,16,21H,19H2. The van der Waals surface area contributed by atoms with E-state index in [1.807, 2.05) is 30.3 Å². The lowest BCUT2D eigenvalue weighted by Gasteiger charge is -2.20. The van der Waals surface area contributed by atoms with Gasteiger partial charge in [0.05, 0.1) is 11.6 Å². The molecule has 0 aliphatic carbocycles. The molecule has 0 saturated heterocycles. The minimum Gasteiger partial charge on any atom is -0.271 e. The van der Waals surface area contributed by atoms with E-state index in [4.69, 9.17) is 5.84 Å². The summed E-state index contributed by atoms with van der Waals surface area (Å²) in [6.07, 6.45) is 1.76. The van der Waals surface area contributed by atoms with Gasteiger partial charge >= 0.3 is 0 Å². The van der Waals surface area contributed by atoms with Crippen molar-refractivity contribution in [3.63, 3.8) is 0 Å². The maximum Gasteiger partial charge on any atom is 0.124 e. The second-order valence-electron chi connectivity index (χ2n) is 4.68. The largest absolute Gasteiger partial charge is 0.271 e. The van der Waals surface area contributed by atoms with Crippen molar-refractivity contribution in [3.05, 3.63) is 75.2 Å². The van der Waals surface area contributed by atoms with E-state index in [9.17, 15) is 4.39 Å². The van der Waals surface area contributed by atoms with Crippen molar-refractivity contribution in [1.82, 2.24) is 10.4 Å². The molecule has 0 saturated carbocycles. The highest BCUT2D eigenvalue weighted by molar-refractivity contribution is 14.1. The Morgan fingerprint density at radius 1 is 1.10 bits per heavy atom. The summed E-state index contributed by atoms with van der Waals surface area (Å²) in [6.45, 7) is 0. The summed E-state index contributed by atoms with van der Waals surface area (Å²) >= 11 is 2.12. The van der Waals surface area contributed by atoms with Crippen LogP contribution >= 0.6 is 22.6 Å². The second kappa shape index (κ2) is 6.05. The SMILES string of the molecule is NNC(c1ccc(F)cc1I)c1cccc2ncccc12. The van der Waals surface area contributed by atoms with Gasteiger partial charge in [0.1, 0.15) is 5.82 Å². The van der Waals surface area contributed by atoms with E-state index in [2.05, 4.69) is 33.0 Å². The number of aromatic nitrogens is 1. The first kappa shape index (κ1) is 14.4. The van der Waals surface area contributed by atoms with Crippen LogP contribution in [-0.2, 0) is 0 Å². The van der Waals surface area contributed by atoms with E-state index in [1.165, 1.54) is 12.1 Å². The Bertz CT molecular complexity index is 786. The zero-order valence-electron chi connectivity index (χ0n) is 11.1. The lowest BCUT2D eigenvalue weighted by molar-refractivity contribution is 0.614. The minimum absolute atomic E-state index is 0.217. The molecule has 3 nitrogen and oxygen atoms in total. The van der Waals surface area contributed by atoms with Gasteiger partial charge in [0.2, 0.25) is 0 Å². The van der Waals surface area contributed by atoms with Gasteiger partial charge < -0.3 is 0 Å². The number of nitrogens with one attached hydrogen (secondary N) is 1. The van der Waals surface area contributed by atoms with Crippen LogP contribution in [0.2, 0.25) is 0 Å². The van der Waals surface area contributed by atoms with E-state index in [1.54, 1.807) is 12.3 Å². The van der Waals surface area contributed by atoms with Gasteiger partial charge in [-0.2, -0.15) is 0 Å². The molecule has 106 valence electrons. The highest BCUT2D eigenvalue weighted by Crippen LogP contribution is 2.30. The number of benzene rings is 2. The molecule has 0 aliphatic rings. The van der Waals surface area contributed by atoms with Crippen molar-refractivity contribution in [2.24, 2.45) is 5.84 Å². The number of halogens is 2. The number of nitrogens with two attached hydrogens (primary N) is 1. The molecule has 1 unspecified atom stereocenters. The summed E-state index contributed by atoms with van der Waals surface area (Å²) in [6, 6.07) is 14.3. The van der Waals surface area contributed by atoms with Crippen LogP contribution in [0.15, 0.2) is 54.7 Å². The fourth-order valence-electron chi connectivity index (χ4n) is 2.46. The molecule has 0 bridgehead atoms. The smallest absolute Gasteiger partial charge is 0.124 e. The maximum absolute atomic E-state index is 13.3. The number of fused-ring (bicyclic) bond motifs is 1. The molecule has 5 heteroatoms. The molecule has 1 aromatic heterocycles. The molecule has 0 radical (unpaired) electrons. The first-order valence-electron chi connectivity index (χ1n) is 6.45. The minimum atomic E-state index is -0.251. The van der Waals surface area contributed by atoms with Gasteiger partial charge in [-0.25, -0.2) is 9.82 Å². The van der Waals surface area contributed by atoms with Crippen LogP contribution in [0, 0.1) is 9.39 Å². The zero-order chi connectivity index (χ0) is 14.8. The molecule has 1 heterocycles. The normalized spacial score (nSPS) is 12.5. The van der Waals surface area contributed by atoms with Crippen LogP contribution in [0.25, 0.3) is 10.9 Å². The monoisotopic (exact) mass is 393 g/mol. The number of hydrazine groups is 1. The van der Waals surface area contributed by atoms with Crippen molar-refractivity contribution in [1.29, 1.82) is 0 Å². The molecule has 3 N–H and O–H groups in total. The van der Waals surface area contributed by atoms with E-state index < -0.39 is 0 Å². The highest BCUT2D eigenvalue weighted by atomic mass is 127. The lowest BCUT2D eigenvalue weighted by atomic mass is 9.95. The Kier molecular flexibility index (Phi) is 4.14. The molecule has 21 heavy (non-hydrogen) atoms. The van der Waals surface area contributed by atoms with E-state index in [0.29, 0.717) is 0 Å². The summed E-state index contributed by atoms with van der Waals surface area (Å²) in [5.41, 5.74) is 5.70. The fraction of sp³-hybridized carbons (Fsp3) is 0.0625. The van der Waals surface area contributed by atoms with Crippen molar-refractivity contribution >= 4 is 33.5 Å². The van der Waals surface area contributed by atoms with E-state index >= 15 is 0 Å². The third-order valence-electron chi connectivity index (χ3n) is 3.43. The predicted octanol–water partition coefficient (Wildman–Crippen LogP) is 3.53. The van der Waals surface area contributed by atoms with Gasteiger partial charge in [0, 0.05) is 15.2 Å². The predicted molar refractivity (Wildman–Crippen MR) is 90.0 cm³/mol. The van der Waals surface area contributed by atoms with Crippen LogP contribution < -0.4 is 11.3 Å². The van der Waals surface area contributed by atoms with Gasteiger partial charge in [-0.05, 0) is 58.0 Å². The average Bonchev–Trinajstić information content (AvgIpc) is 2.50. The summed E-state index contributed by atoms with van der Waals surface area (Å²) in [5, 5.41) is 1.03. The Hall–Kier alpha value is -1.57. The number of pyridine rings is 1. The van der Waals surface area contributed by atoms with Gasteiger partial charge in [0.15, 0.2) is 0 Å².